The first kappa shape index (κ1) is 33.8. The number of carbonyl (C=O) groups excluding carboxylic acids is 1. The number of hydrogen-bond acceptors (Lipinski definition) is 5. The molecule has 0 heterocycles. The van der Waals surface area contributed by atoms with E-state index in [0.29, 0.717) is 11.3 Å². The van der Waals surface area contributed by atoms with E-state index in [9.17, 15) is 9.36 Å². The van der Waals surface area contributed by atoms with Crippen molar-refractivity contribution in [3.8, 4) is 12.5 Å². The molecule has 1 N–H and O–H groups in total. The largest absolute Gasteiger partial charge is 0.538 e. The van der Waals surface area contributed by atoms with E-state index in [1.807, 2.05) is 30.4 Å². The maximum Gasteiger partial charge on any atom is 0.538 e. The summed E-state index contributed by atoms with van der Waals surface area (Å²) in [4.78, 5) is 13.1. The SMILES string of the molecule is C#COP(=O)(OCC)OCc1ccc(NC(=O)c2ccccc2CC/C=C(\C)CC/C=C(\C)CCC=C(C)C)cc1. The van der Waals surface area contributed by atoms with Crippen LogP contribution in [0.4, 0.5) is 5.69 Å². The van der Waals surface area contributed by atoms with Gasteiger partial charge in [0.25, 0.3) is 5.91 Å². The lowest BCUT2D eigenvalue weighted by atomic mass is 10.0. The number of benzene rings is 2. The molecule has 7 heteroatoms. The average molecular weight is 578 g/mol. The zero-order valence-corrected chi connectivity index (χ0v) is 26.0. The van der Waals surface area contributed by atoms with Crippen molar-refractivity contribution in [2.45, 2.75) is 79.8 Å². The van der Waals surface area contributed by atoms with Gasteiger partial charge in [-0.05, 0) is 102 Å². The Morgan fingerprint density at radius 2 is 1.54 bits per heavy atom. The third-order valence-corrected chi connectivity index (χ3v) is 7.69. The van der Waals surface area contributed by atoms with Crippen LogP contribution in [-0.2, 0) is 31.2 Å². The average Bonchev–Trinajstić information content (AvgIpc) is 2.93. The van der Waals surface area contributed by atoms with Gasteiger partial charge in [-0.2, -0.15) is 0 Å². The fourth-order valence-corrected chi connectivity index (χ4v) is 5.05. The predicted molar refractivity (Wildman–Crippen MR) is 169 cm³/mol. The van der Waals surface area contributed by atoms with Crippen LogP contribution in [0.1, 0.15) is 88.2 Å². The normalized spacial score (nSPS) is 13.2. The van der Waals surface area contributed by atoms with Crippen LogP contribution in [-0.4, -0.2) is 12.5 Å². The second-order valence-corrected chi connectivity index (χ2v) is 11.7. The minimum atomic E-state index is -3.81. The molecule has 220 valence electrons. The Morgan fingerprint density at radius 3 is 2.17 bits per heavy atom. The van der Waals surface area contributed by atoms with Crippen molar-refractivity contribution in [3.63, 3.8) is 0 Å². The lowest BCUT2D eigenvalue weighted by molar-refractivity contribution is 0.102. The molecule has 0 aliphatic carbocycles. The van der Waals surface area contributed by atoms with Crippen molar-refractivity contribution in [2.75, 3.05) is 11.9 Å². The number of amides is 1. The summed E-state index contributed by atoms with van der Waals surface area (Å²) in [5.41, 5.74) is 7.21. The summed E-state index contributed by atoms with van der Waals surface area (Å²) >= 11 is 0. The molecular weight excluding hydrogens is 533 g/mol. The Bertz CT molecular complexity index is 1300. The van der Waals surface area contributed by atoms with Gasteiger partial charge >= 0.3 is 7.82 Å². The lowest BCUT2D eigenvalue weighted by Crippen LogP contribution is -2.14. The molecule has 0 radical (unpaired) electrons. The molecule has 2 rings (SSSR count). The van der Waals surface area contributed by atoms with E-state index >= 15 is 0 Å². The Morgan fingerprint density at radius 1 is 0.902 bits per heavy atom. The monoisotopic (exact) mass is 577 g/mol. The standard InChI is InChI=1S/C34H44NO5P/c1-7-38-41(37,39-8-2)40-26-30-22-24-32(25-23-30)35-34(36)33-21-10-9-19-31(33)20-13-18-29(6)17-12-16-28(5)15-11-14-27(3)4/h1,9-10,14,16,18-19,21-25H,8,11-13,15,17,20,26H2,2-6H3,(H,35,36)/b28-16+,29-18+. The lowest BCUT2D eigenvalue weighted by Gasteiger charge is -2.14. The maximum absolute atomic E-state index is 13.1. The highest BCUT2D eigenvalue weighted by Gasteiger charge is 2.26. The zero-order valence-electron chi connectivity index (χ0n) is 25.1. The Hall–Kier alpha value is -3.36. The van der Waals surface area contributed by atoms with E-state index in [1.54, 1.807) is 31.2 Å². The van der Waals surface area contributed by atoms with Gasteiger partial charge in [-0.15, -0.1) is 0 Å². The number of rotatable bonds is 17. The molecule has 0 saturated heterocycles. The van der Waals surface area contributed by atoms with Crippen LogP contribution < -0.4 is 5.32 Å². The summed E-state index contributed by atoms with van der Waals surface area (Å²) in [7, 11) is -3.81. The number of phosphoric ester groups is 1. The third kappa shape index (κ3) is 13.2. The fraction of sp³-hybridized carbons (Fsp3) is 0.382. The number of allylic oxidation sites excluding steroid dienone is 6. The number of nitrogens with one attached hydrogen (secondary N) is 1. The highest BCUT2D eigenvalue weighted by Crippen LogP contribution is 2.49. The molecule has 1 atom stereocenters. The Kier molecular flexibility index (Phi) is 15.0. The number of terminal acetylenes is 1. The molecule has 0 fully saturated rings. The van der Waals surface area contributed by atoms with Crippen molar-refractivity contribution < 1.29 is 22.9 Å². The number of hydrogen-bond donors (Lipinski definition) is 1. The van der Waals surface area contributed by atoms with E-state index in [4.69, 9.17) is 15.5 Å². The fourth-order valence-electron chi connectivity index (χ4n) is 4.12. The molecule has 1 amide bonds. The number of phosphoric acid groups is 1. The van der Waals surface area contributed by atoms with Gasteiger partial charge in [0.2, 0.25) is 0 Å². The second kappa shape index (κ2) is 18.1. The van der Waals surface area contributed by atoms with Gasteiger partial charge in [-0.25, -0.2) is 4.57 Å². The molecule has 0 saturated carbocycles. The zero-order chi connectivity index (χ0) is 30.1. The van der Waals surface area contributed by atoms with E-state index in [-0.39, 0.29) is 19.1 Å². The summed E-state index contributed by atoms with van der Waals surface area (Å²) in [5, 5.41) is 2.96. The quantitative estimate of drug-likeness (QED) is 0.115. The molecule has 2 aromatic rings. The Labute approximate surface area is 246 Å². The molecular formula is C34H44NO5P. The van der Waals surface area contributed by atoms with Crippen LogP contribution in [0.5, 0.6) is 0 Å². The van der Waals surface area contributed by atoms with Gasteiger partial charge < -0.3 is 9.84 Å². The highest BCUT2D eigenvalue weighted by molar-refractivity contribution is 7.48. The summed E-state index contributed by atoms with van der Waals surface area (Å²) in [6, 6.07) is 14.7. The van der Waals surface area contributed by atoms with E-state index in [2.05, 4.69) is 55.8 Å². The summed E-state index contributed by atoms with van der Waals surface area (Å²) in [6.07, 6.45) is 19.8. The molecule has 1 unspecified atom stereocenters. The summed E-state index contributed by atoms with van der Waals surface area (Å²) in [5.74, 6) is -0.165. The van der Waals surface area contributed by atoms with Crippen LogP contribution in [0.2, 0.25) is 0 Å². The van der Waals surface area contributed by atoms with Gasteiger partial charge in [0.05, 0.1) is 13.2 Å². The van der Waals surface area contributed by atoms with Crippen LogP contribution in [0.3, 0.4) is 0 Å². The molecule has 2 aromatic carbocycles. The van der Waals surface area contributed by atoms with E-state index in [0.717, 1.165) is 49.7 Å². The van der Waals surface area contributed by atoms with Crippen LogP contribution >= 0.6 is 7.82 Å². The van der Waals surface area contributed by atoms with Gasteiger partial charge in [0.15, 0.2) is 0 Å². The predicted octanol–water partition coefficient (Wildman–Crippen LogP) is 9.56. The molecule has 0 aliphatic rings. The number of anilines is 1. The van der Waals surface area contributed by atoms with Crippen molar-refractivity contribution in [3.05, 3.63) is 100 Å². The van der Waals surface area contributed by atoms with Gasteiger partial charge in [-0.3, -0.25) is 13.8 Å². The van der Waals surface area contributed by atoms with Crippen LogP contribution in [0.15, 0.2) is 83.5 Å². The topological polar surface area (TPSA) is 73.9 Å². The summed E-state index contributed by atoms with van der Waals surface area (Å²) in [6.45, 7) is 10.4. The van der Waals surface area contributed by atoms with Crippen LogP contribution in [0.25, 0.3) is 0 Å². The minimum absolute atomic E-state index is 0.0187. The molecule has 6 nitrogen and oxygen atoms in total. The highest BCUT2D eigenvalue weighted by atomic mass is 31.2. The number of carbonyl (C=O) groups is 1. The van der Waals surface area contributed by atoms with Crippen molar-refractivity contribution in [2.24, 2.45) is 0 Å². The van der Waals surface area contributed by atoms with Gasteiger partial charge in [0.1, 0.15) is 6.11 Å². The number of aryl methyl sites for hydroxylation is 1. The van der Waals surface area contributed by atoms with E-state index < -0.39 is 7.82 Å². The summed E-state index contributed by atoms with van der Waals surface area (Å²) < 4.78 is 27.3. The molecule has 0 spiro atoms. The van der Waals surface area contributed by atoms with E-state index in [1.165, 1.54) is 16.7 Å². The van der Waals surface area contributed by atoms with Crippen molar-refractivity contribution in [1.82, 2.24) is 0 Å². The third-order valence-electron chi connectivity index (χ3n) is 6.34. The second-order valence-electron chi connectivity index (χ2n) is 10.2. The first-order valence-electron chi connectivity index (χ1n) is 14.1. The molecule has 41 heavy (non-hydrogen) atoms. The maximum atomic E-state index is 13.1. The molecule has 0 aromatic heterocycles. The van der Waals surface area contributed by atoms with Gasteiger partial charge in [-0.1, -0.05) is 71.7 Å². The van der Waals surface area contributed by atoms with Crippen molar-refractivity contribution in [1.29, 1.82) is 0 Å². The minimum Gasteiger partial charge on any atom is -0.350 e. The van der Waals surface area contributed by atoms with Crippen LogP contribution in [0, 0.1) is 12.5 Å². The molecule has 0 bridgehead atoms. The van der Waals surface area contributed by atoms with Gasteiger partial charge in [0, 0.05) is 11.3 Å². The molecule has 0 aliphatic heterocycles. The first-order chi connectivity index (χ1) is 19.7. The smallest absolute Gasteiger partial charge is 0.350 e. The first-order valence-corrected chi connectivity index (χ1v) is 15.6. The Balaban J connectivity index is 1.89. The van der Waals surface area contributed by atoms with Crippen molar-refractivity contribution >= 4 is 19.4 Å².